The van der Waals surface area contributed by atoms with Gasteiger partial charge in [-0.25, -0.2) is 9.02 Å². The summed E-state index contributed by atoms with van der Waals surface area (Å²) in [6.45, 7) is 0.656. The predicted molar refractivity (Wildman–Crippen MR) is 78.0 cm³/mol. The van der Waals surface area contributed by atoms with Crippen LogP contribution >= 0.6 is 0 Å². The lowest BCUT2D eigenvalue weighted by atomic mass is 10.1. The number of amidine groups is 1. The number of rotatable bonds is 6. The molecule has 0 aliphatic heterocycles. The fourth-order valence-corrected chi connectivity index (χ4v) is 1.82. The first-order chi connectivity index (χ1) is 11.9. The number of nitrogens with one attached hydrogen (secondary N) is 2. The van der Waals surface area contributed by atoms with Crippen LogP contribution in [0.3, 0.4) is 0 Å². The Hall–Kier alpha value is -2.89. The number of oxime groups is 1. The number of ether oxygens (including phenoxy) is 1. The third-order valence-electron chi connectivity index (χ3n) is 2.95. The molecule has 0 atom stereocenters. The first-order valence-corrected chi connectivity index (χ1v) is 6.78. The SMILES string of the molecule is COCCNc1nonc1/C(=N\O)Nc1ccc(F)c(C(F)(F)F)c1. The molecule has 12 heteroatoms. The molecule has 0 spiro atoms. The summed E-state index contributed by atoms with van der Waals surface area (Å²) >= 11 is 0. The molecule has 1 aromatic carbocycles. The summed E-state index contributed by atoms with van der Waals surface area (Å²) in [4.78, 5) is 0. The van der Waals surface area contributed by atoms with E-state index in [9.17, 15) is 17.6 Å². The molecule has 0 fully saturated rings. The number of nitrogens with zero attached hydrogens (tertiary/aromatic N) is 3. The van der Waals surface area contributed by atoms with Crippen molar-refractivity contribution < 1.29 is 32.1 Å². The molecule has 8 nitrogen and oxygen atoms in total. The summed E-state index contributed by atoms with van der Waals surface area (Å²) in [6, 6.07) is 2.21. The third-order valence-corrected chi connectivity index (χ3v) is 2.95. The van der Waals surface area contributed by atoms with Crippen LogP contribution in [0.2, 0.25) is 0 Å². The molecular formula is C13H13F4N5O3. The van der Waals surface area contributed by atoms with E-state index in [-0.39, 0.29) is 23.0 Å². The average Bonchev–Trinajstić information content (AvgIpc) is 3.01. The quantitative estimate of drug-likeness (QED) is 0.181. The molecule has 136 valence electrons. The molecular weight excluding hydrogens is 350 g/mol. The Labute approximate surface area is 138 Å². The van der Waals surface area contributed by atoms with E-state index in [1.54, 1.807) is 0 Å². The van der Waals surface area contributed by atoms with Crippen molar-refractivity contribution in [3.8, 4) is 0 Å². The van der Waals surface area contributed by atoms with Gasteiger partial charge in [0.05, 0.1) is 12.2 Å². The molecule has 2 rings (SSSR count). The van der Waals surface area contributed by atoms with Gasteiger partial charge in [0.2, 0.25) is 11.7 Å². The molecule has 2 aromatic rings. The molecule has 3 N–H and O–H groups in total. The van der Waals surface area contributed by atoms with E-state index in [4.69, 9.17) is 9.94 Å². The lowest BCUT2D eigenvalue weighted by molar-refractivity contribution is -0.139. The molecule has 0 aliphatic carbocycles. The van der Waals surface area contributed by atoms with Gasteiger partial charge in [-0.3, -0.25) is 0 Å². The van der Waals surface area contributed by atoms with Crippen molar-refractivity contribution in [1.82, 2.24) is 10.3 Å². The molecule has 0 saturated carbocycles. The van der Waals surface area contributed by atoms with Crippen molar-refractivity contribution in [2.45, 2.75) is 6.18 Å². The fourth-order valence-electron chi connectivity index (χ4n) is 1.82. The fraction of sp³-hybridized carbons (Fsp3) is 0.308. The molecule has 25 heavy (non-hydrogen) atoms. The van der Waals surface area contributed by atoms with Crippen LogP contribution in [0.15, 0.2) is 28.0 Å². The van der Waals surface area contributed by atoms with Crippen molar-refractivity contribution >= 4 is 17.3 Å². The van der Waals surface area contributed by atoms with E-state index in [1.807, 2.05) is 0 Å². The number of aromatic nitrogens is 2. The van der Waals surface area contributed by atoms with Gasteiger partial charge in [0.15, 0.2) is 5.69 Å². The Morgan fingerprint density at radius 3 is 2.76 bits per heavy atom. The van der Waals surface area contributed by atoms with Crippen molar-refractivity contribution in [3.63, 3.8) is 0 Å². The number of anilines is 2. The monoisotopic (exact) mass is 363 g/mol. The van der Waals surface area contributed by atoms with Gasteiger partial charge < -0.3 is 20.6 Å². The van der Waals surface area contributed by atoms with Gasteiger partial charge in [-0.2, -0.15) is 13.2 Å². The summed E-state index contributed by atoms with van der Waals surface area (Å²) in [6.07, 6.45) is -4.87. The highest BCUT2D eigenvalue weighted by Crippen LogP contribution is 2.33. The maximum Gasteiger partial charge on any atom is 0.419 e. The van der Waals surface area contributed by atoms with E-state index >= 15 is 0 Å². The summed E-state index contributed by atoms with van der Waals surface area (Å²) in [5.74, 6) is -1.69. The maximum atomic E-state index is 13.3. The zero-order chi connectivity index (χ0) is 18.4. The van der Waals surface area contributed by atoms with E-state index in [0.29, 0.717) is 25.3 Å². The lowest BCUT2D eigenvalue weighted by Gasteiger charge is -2.12. The highest BCUT2D eigenvalue weighted by atomic mass is 19.4. The van der Waals surface area contributed by atoms with Crippen LogP contribution in [0.4, 0.5) is 29.1 Å². The zero-order valence-corrected chi connectivity index (χ0v) is 12.8. The molecule has 1 aromatic heterocycles. The molecule has 0 radical (unpaired) electrons. The van der Waals surface area contributed by atoms with Crippen LogP contribution < -0.4 is 10.6 Å². The van der Waals surface area contributed by atoms with E-state index < -0.39 is 17.6 Å². The van der Waals surface area contributed by atoms with Gasteiger partial charge >= 0.3 is 6.18 Å². The minimum atomic E-state index is -4.87. The Morgan fingerprint density at radius 2 is 2.12 bits per heavy atom. The second kappa shape index (κ2) is 7.79. The van der Waals surface area contributed by atoms with E-state index in [2.05, 4.69) is 30.7 Å². The standard InChI is InChI=1S/C13H13F4N5O3/c1-24-5-4-18-11-10(21-25-22-11)12(20-23)19-7-2-3-9(14)8(6-7)13(15,16)17/h2-3,6,23H,4-5H2,1H3,(H,18,22)(H,19,20). The van der Waals surface area contributed by atoms with E-state index in [1.165, 1.54) is 7.11 Å². The van der Waals surface area contributed by atoms with Crippen LogP contribution in [0.5, 0.6) is 0 Å². The molecule has 0 aliphatic rings. The number of methoxy groups -OCH3 is 1. The van der Waals surface area contributed by atoms with E-state index in [0.717, 1.165) is 6.07 Å². The average molecular weight is 363 g/mol. The normalized spacial score (nSPS) is 12.3. The van der Waals surface area contributed by atoms with Crippen molar-refractivity contribution in [2.75, 3.05) is 30.9 Å². The van der Waals surface area contributed by atoms with Gasteiger partial charge in [-0.1, -0.05) is 5.16 Å². The second-order valence-electron chi connectivity index (χ2n) is 4.65. The van der Waals surface area contributed by atoms with Gasteiger partial charge in [-0.05, 0) is 28.5 Å². The Kier molecular flexibility index (Phi) is 5.75. The van der Waals surface area contributed by atoms with Crippen LogP contribution in [0.1, 0.15) is 11.3 Å². The highest BCUT2D eigenvalue weighted by molar-refractivity contribution is 6.09. The Balaban J connectivity index is 2.23. The van der Waals surface area contributed by atoms with Crippen molar-refractivity contribution in [3.05, 3.63) is 35.3 Å². The van der Waals surface area contributed by atoms with Crippen molar-refractivity contribution in [2.24, 2.45) is 5.16 Å². The summed E-state index contributed by atoms with van der Waals surface area (Å²) in [5, 5.41) is 24.3. The molecule has 0 amide bonds. The number of alkyl halides is 3. The van der Waals surface area contributed by atoms with Gasteiger partial charge in [0.25, 0.3) is 0 Å². The summed E-state index contributed by atoms with van der Waals surface area (Å²) < 4.78 is 60.9. The maximum absolute atomic E-state index is 13.3. The first-order valence-electron chi connectivity index (χ1n) is 6.78. The van der Waals surface area contributed by atoms with Crippen LogP contribution in [0, 0.1) is 5.82 Å². The number of hydrogen-bond acceptors (Lipinski definition) is 7. The highest BCUT2D eigenvalue weighted by Gasteiger charge is 2.34. The number of halogens is 4. The van der Waals surface area contributed by atoms with Gasteiger partial charge in [-0.15, -0.1) is 0 Å². The molecule has 1 heterocycles. The van der Waals surface area contributed by atoms with Gasteiger partial charge in [0.1, 0.15) is 5.82 Å². The minimum Gasteiger partial charge on any atom is -0.409 e. The van der Waals surface area contributed by atoms with Crippen LogP contribution in [0.25, 0.3) is 0 Å². The largest absolute Gasteiger partial charge is 0.419 e. The first kappa shape index (κ1) is 18.4. The molecule has 0 unspecified atom stereocenters. The zero-order valence-electron chi connectivity index (χ0n) is 12.8. The summed E-state index contributed by atoms with van der Waals surface area (Å²) in [7, 11) is 1.48. The third kappa shape index (κ3) is 4.56. The smallest absolute Gasteiger partial charge is 0.409 e. The molecule has 0 saturated heterocycles. The van der Waals surface area contributed by atoms with Crippen LogP contribution in [-0.4, -0.2) is 41.6 Å². The topological polar surface area (TPSA) is 105 Å². The lowest BCUT2D eigenvalue weighted by Crippen LogP contribution is -2.18. The number of hydrogen-bond donors (Lipinski definition) is 3. The van der Waals surface area contributed by atoms with Crippen LogP contribution in [-0.2, 0) is 10.9 Å². The van der Waals surface area contributed by atoms with Gasteiger partial charge in [0, 0.05) is 19.3 Å². The summed E-state index contributed by atoms with van der Waals surface area (Å²) in [5.41, 5.74) is -1.73. The molecule has 0 bridgehead atoms. The Bertz CT molecular complexity index is 748. The second-order valence-corrected chi connectivity index (χ2v) is 4.65. The number of benzene rings is 1. The predicted octanol–water partition coefficient (Wildman–Crippen LogP) is 2.53. The minimum absolute atomic E-state index is 0.0792. The Morgan fingerprint density at radius 1 is 1.36 bits per heavy atom. The van der Waals surface area contributed by atoms with Crippen molar-refractivity contribution in [1.29, 1.82) is 0 Å².